The third-order valence-corrected chi connectivity index (χ3v) is 5.51. The monoisotopic (exact) mass is 312 g/mol. The summed E-state index contributed by atoms with van der Waals surface area (Å²) in [6.45, 7) is 3.51. The highest BCUT2D eigenvalue weighted by molar-refractivity contribution is 5.72. The number of aliphatic hydroxyl groups excluding tert-OH is 1. The van der Waals surface area contributed by atoms with Gasteiger partial charge in [-0.15, -0.1) is 0 Å². The van der Waals surface area contributed by atoms with E-state index in [0.717, 1.165) is 25.7 Å². The second-order valence-electron chi connectivity index (χ2n) is 6.97. The molecule has 5 nitrogen and oxygen atoms in total. The fraction of sp³-hybridized carbons (Fsp3) is 0.941. The van der Waals surface area contributed by atoms with Crippen molar-refractivity contribution in [1.82, 2.24) is 0 Å². The van der Waals surface area contributed by atoms with E-state index >= 15 is 0 Å². The van der Waals surface area contributed by atoms with Gasteiger partial charge in [-0.2, -0.15) is 0 Å². The number of hydrogen-bond acceptors (Lipinski definition) is 5. The molecule has 0 bridgehead atoms. The van der Waals surface area contributed by atoms with Gasteiger partial charge in [-0.25, -0.2) is 0 Å². The van der Waals surface area contributed by atoms with Gasteiger partial charge in [0.1, 0.15) is 6.10 Å². The van der Waals surface area contributed by atoms with E-state index in [-0.39, 0.29) is 30.0 Å². The lowest BCUT2D eigenvalue weighted by molar-refractivity contribution is -0.171. The molecule has 0 aromatic heterocycles. The van der Waals surface area contributed by atoms with Gasteiger partial charge in [0, 0.05) is 25.2 Å². The van der Waals surface area contributed by atoms with Gasteiger partial charge in [0.05, 0.1) is 25.7 Å². The highest BCUT2D eigenvalue weighted by Gasteiger charge is 2.50. The van der Waals surface area contributed by atoms with E-state index in [0.29, 0.717) is 26.1 Å². The van der Waals surface area contributed by atoms with Crippen molar-refractivity contribution in [2.45, 2.75) is 76.3 Å². The lowest BCUT2D eigenvalue weighted by Gasteiger charge is -2.30. The van der Waals surface area contributed by atoms with Crippen molar-refractivity contribution in [2.24, 2.45) is 11.8 Å². The van der Waals surface area contributed by atoms with E-state index in [1.54, 1.807) is 0 Å². The number of fused-ring (bicyclic) bond motifs is 1. The van der Waals surface area contributed by atoms with E-state index < -0.39 is 5.79 Å². The predicted molar refractivity (Wildman–Crippen MR) is 80.1 cm³/mol. The maximum atomic E-state index is 11.5. The van der Waals surface area contributed by atoms with Crippen LogP contribution >= 0.6 is 0 Å². The standard InChI is InChI=1S/C17H28O5/c1-2-3-4-6-17(20-8-9-21-17)7-5-12-13-10-16(19)22-15(13)11-14(12)18/h12-15,18H,2-11H2,1H3/t12-,13?,14+,15+/m1/s1. The molecular weight excluding hydrogens is 284 g/mol. The summed E-state index contributed by atoms with van der Waals surface area (Å²) in [4.78, 5) is 11.5. The largest absolute Gasteiger partial charge is 0.462 e. The van der Waals surface area contributed by atoms with Gasteiger partial charge in [-0.1, -0.05) is 19.8 Å². The Hall–Kier alpha value is -0.650. The quantitative estimate of drug-likeness (QED) is 0.577. The van der Waals surface area contributed by atoms with Gasteiger partial charge in [-0.05, 0) is 18.8 Å². The summed E-state index contributed by atoms with van der Waals surface area (Å²) in [6, 6.07) is 0. The van der Waals surface area contributed by atoms with E-state index in [4.69, 9.17) is 14.2 Å². The number of hydrogen-bond donors (Lipinski definition) is 1. The van der Waals surface area contributed by atoms with Crippen LogP contribution in [0.15, 0.2) is 0 Å². The molecule has 1 aliphatic carbocycles. The van der Waals surface area contributed by atoms with Crippen LogP contribution in [0.5, 0.6) is 0 Å². The molecule has 4 atom stereocenters. The Balaban J connectivity index is 1.56. The van der Waals surface area contributed by atoms with E-state index in [2.05, 4.69) is 6.92 Å². The summed E-state index contributed by atoms with van der Waals surface area (Å²) in [5.41, 5.74) is 0. The molecule has 2 aliphatic heterocycles. The summed E-state index contributed by atoms with van der Waals surface area (Å²) in [5.74, 6) is -0.266. The summed E-state index contributed by atoms with van der Waals surface area (Å²) in [5, 5.41) is 10.3. The molecule has 0 aromatic carbocycles. The van der Waals surface area contributed by atoms with Crippen molar-refractivity contribution in [3.63, 3.8) is 0 Å². The average molecular weight is 312 g/mol. The van der Waals surface area contributed by atoms with Crippen LogP contribution in [-0.2, 0) is 19.0 Å². The number of unbranched alkanes of at least 4 members (excludes halogenated alkanes) is 2. The van der Waals surface area contributed by atoms with Crippen LogP contribution in [0.3, 0.4) is 0 Å². The van der Waals surface area contributed by atoms with Crippen LogP contribution in [0.4, 0.5) is 0 Å². The molecular formula is C17H28O5. The van der Waals surface area contributed by atoms with Crippen molar-refractivity contribution in [1.29, 1.82) is 0 Å². The molecule has 1 unspecified atom stereocenters. The Labute approximate surface area is 132 Å². The first kappa shape index (κ1) is 16.2. The molecule has 5 heteroatoms. The second kappa shape index (κ2) is 6.85. The number of rotatable bonds is 7. The molecule has 3 rings (SSSR count). The summed E-state index contributed by atoms with van der Waals surface area (Å²) >= 11 is 0. The third-order valence-electron chi connectivity index (χ3n) is 5.51. The number of carbonyl (C=O) groups excluding carboxylic acids is 1. The molecule has 1 saturated carbocycles. The molecule has 0 radical (unpaired) electrons. The van der Waals surface area contributed by atoms with Gasteiger partial charge in [0.25, 0.3) is 0 Å². The van der Waals surface area contributed by atoms with Gasteiger partial charge in [-0.3, -0.25) is 4.79 Å². The zero-order valence-corrected chi connectivity index (χ0v) is 13.5. The number of esters is 1. The topological polar surface area (TPSA) is 65.0 Å². The number of carbonyl (C=O) groups is 1. The zero-order valence-electron chi connectivity index (χ0n) is 13.5. The molecule has 22 heavy (non-hydrogen) atoms. The van der Waals surface area contributed by atoms with Crippen molar-refractivity contribution >= 4 is 5.97 Å². The highest BCUT2D eigenvalue weighted by Crippen LogP contribution is 2.45. The molecule has 3 aliphatic rings. The Kier molecular flexibility index (Phi) is 5.05. The van der Waals surface area contributed by atoms with Crippen molar-refractivity contribution in [3.05, 3.63) is 0 Å². The normalized spacial score (nSPS) is 36.5. The lowest BCUT2D eigenvalue weighted by atomic mass is 9.86. The summed E-state index contributed by atoms with van der Waals surface area (Å²) < 4.78 is 17.1. The van der Waals surface area contributed by atoms with Crippen LogP contribution in [-0.4, -0.2) is 42.3 Å². The molecule has 1 N–H and O–H groups in total. The van der Waals surface area contributed by atoms with Crippen LogP contribution < -0.4 is 0 Å². The maximum absolute atomic E-state index is 11.5. The third kappa shape index (κ3) is 3.31. The Morgan fingerprint density at radius 3 is 2.73 bits per heavy atom. The minimum atomic E-state index is -0.462. The van der Waals surface area contributed by atoms with Gasteiger partial charge < -0.3 is 19.3 Å². The molecule has 3 fully saturated rings. The highest BCUT2D eigenvalue weighted by atomic mass is 16.7. The molecule has 2 saturated heterocycles. The SMILES string of the molecule is CCCCCC1(CC[C@@H]2C3CC(=O)O[C@H]3C[C@@H]2O)OCCO1. The van der Waals surface area contributed by atoms with E-state index in [1.807, 2.05) is 0 Å². The molecule has 0 spiro atoms. The van der Waals surface area contributed by atoms with Crippen LogP contribution in [0.1, 0.15) is 58.3 Å². The first-order valence-electron chi connectivity index (χ1n) is 8.79. The van der Waals surface area contributed by atoms with Crippen molar-refractivity contribution < 1.29 is 24.1 Å². The maximum Gasteiger partial charge on any atom is 0.306 e. The fourth-order valence-corrected chi connectivity index (χ4v) is 4.32. The molecule has 0 aromatic rings. The fourth-order valence-electron chi connectivity index (χ4n) is 4.32. The van der Waals surface area contributed by atoms with Gasteiger partial charge >= 0.3 is 5.97 Å². The van der Waals surface area contributed by atoms with Gasteiger partial charge in [0.15, 0.2) is 5.79 Å². The molecule has 2 heterocycles. The summed E-state index contributed by atoms with van der Waals surface area (Å²) in [7, 11) is 0. The second-order valence-corrected chi connectivity index (χ2v) is 6.97. The Bertz CT molecular complexity index is 391. The molecule has 0 amide bonds. The van der Waals surface area contributed by atoms with E-state index in [9.17, 15) is 9.90 Å². The minimum absolute atomic E-state index is 0.0750. The summed E-state index contributed by atoms with van der Waals surface area (Å²) in [6.07, 6.45) is 6.65. The van der Waals surface area contributed by atoms with Gasteiger partial charge in [0.2, 0.25) is 0 Å². The van der Waals surface area contributed by atoms with Crippen LogP contribution in [0, 0.1) is 11.8 Å². The number of aliphatic hydroxyl groups is 1. The van der Waals surface area contributed by atoms with E-state index in [1.165, 1.54) is 12.8 Å². The minimum Gasteiger partial charge on any atom is -0.462 e. The zero-order chi connectivity index (χ0) is 15.6. The average Bonchev–Trinajstić information content (AvgIpc) is 3.13. The molecule has 126 valence electrons. The first-order valence-corrected chi connectivity index (χ1v) is 8.79. The number of ether oxygens (including phenoxy) is 3. The van der Waals surface area contributed by atoms with Crippen LogP contribution in [0.25, 0.3) is 0 Å². The smallest absolute Gasteiger partial charge is 0.306 e. The Morgan fingerprint density at radius 1 is 1.23 bits per heavy atom. The van der Waals surface area contributed by atoms with Crippen molar-refractivity contribution in [2.75, 3.05) is 13.2 Å². The van der Waals surface area contributed by atoms with Crippen LogP contribution in [0.2, 0.25) is 0 Å². The Morgan fingerprint density at radius 2 is 2.00 bits per heavy atom. The first-order chi connectivity index (χ1) is 10.6. The predicted octanol–water partition coefficient (Wildman–Crippen LogP) is 2.40. The lowest BCUT2D eigenvalue weighted by Crippen LogP contribution is -2.32. The van der Waals surface area contributed by atoms with Crippen molar-refractivity contribution in [3.8, 4) is 0 Å².